The zero-order valence-electron chi connectivity index (χ0n) is 10.9. The lowest BCUT2D eigenvalue weighted by molar-refractivity contribution is 0.773. The molecule has 0 radical (unpaired) electrons. The van der Waals surface area contributed by atoms with Gasteiger partial charge in [0.25, 0.3) is 0 Å². The van der Waals surface area contributed by atoms with Gasteiger partial charge in [0.1, 0.15) is 0 Å². The van der Waals surface area contributed by atoms with E-state index in [-0.39, 0.29) is 0 Å². The maximum Gasteiger partial charge on any atom is 0.161 e. The summed E-state index contributed by atoms with van der Waals surface area (Å²) in [5, 5.41) is 5.25. The predicted molar refractivity (Wildman–Crippen MR) is 80.8 cm³/mol. The smallest absolute Gasteiger partial charge is 0.161 e. The van der Waals surface area contributed by atoms with Gasteiger partial charge in [-0.2, -0.15) is 0 Å². The van der Waals surface area contributed by atoms with Crippen LogP contribution in [0.4, 0.5) is 11.4 Å². The number of anilines is 2. The lowest BCUT2D eigenvalue weighted by Crippen LogP contribution is -2.11. The molecular weight excluding hydrogens is 242 g/mol. The highest BCUT2D eigenvalue weighted by atomic mass is 32.2. The Bertz CT molecular complexity index is 466. The maximum atomic E-state index is 4.60. The number of hydrogen-bond donors (Lipinski definition) is 1. The lowest BCUT2D eigenvalue weighted by atomic mass is 10.2. The van der Waals surface area contributed by atoms with E-state index in [0.717, 1.165) is 28.6 Å². The minimum Gasteiger partial charge on any atom is -0.378 e. The van der Waals surface area contributed by atoms with E-state index in [4.69, 9.17) is 0 Å². The minimum atomic E-state index is 0.726. The Labute approximate surface area is 113 Å². The van der Waals surface area contributed by atoms with Crippen LogP contribution >= 0.6 is 11.8 Å². The lowest BCUT2D eigenvalue weighted by Gasteiger charge is -2.14. The van der Waals surface area contributed by atoms with Crippen molar-refractivity contribution in [1.82, 2.24) is 0 Å². The van der Waals surface area contributed by atoms with Crippen LogP contribution in [0.5, 0.6) is 0 Å². The molecule has 1 unspecified atom stereocenters. The fraction of sp³-hybridized carbons (Fsp3) is 0.500. The molecule has 1 aliphatic heterocycles. The first-order chi connectivity index (χ1) is 8.72. The molecule has 0 saturated heterocycles. The molecule has 1 N–H and O–H groups in total. The highest BCUT2D eigenvalue weighted by Crippen LogP contribution is 2.42. The Morgan fingerprint density at radius 3 is 2.89 bits per heavy atom. The van der Waals surface area contributed by atoms with Gasteiger partial charge in [-0.05, 0) is 37.0 Å². The van der Waals surface area contributed by atoms with E-state index in [2.05, 4.69) is 53.6 Å². The molecule has 1 atom stereocenters. The number of nitrogens with zero attached hydrogens (tertiary/aromatic N) is 2. The van der Waals surface area contributed by atoms with E-state index in [1.54, 1.807) is 0 Å². The summed E-state index contributed by atoms with van der Waals surface area (Å²) in [5.74, 6) is 0.922. The minimum absolute atomic E-state index is 0.726. The Morgan fingerprint density at radius 2 is 2.17 bits per heavy atom. The Kier molecular flexibility index (Phi) is 3.20. The Balaban J connectivity index is 1.64. The molecule has 0 spiro atoms. The van der Waals surface area contributed by atoms with Gasteiger partial charge in [-0.1, -0.05) is 17.8 Å². The van der Waals surface area contributed by atoms with Crippen molar-refractivity contribution in [2.75, 3.05) is 30.9 Å². The summed E-state index contributed by atoms with van der Waals surface area (Å²) in [6, 6.07) is 8.45. The van der Waals surface area contributed by atoms with Crippen molar-refractivity contribution in [3.05, 3.63) is 24.3 Å². The molecule has 1 saturated carbocycles. The number of hydrogen-bond acceptors (Lipinski definition) is 4. The highest BCUT2D eigenvalue weighted by Gasteiger charge is 2.35. The summed E-state index contributed by atoms with van der Waals surface area (Å²) in [4.78, 5) is 6.72. The second-order valence-electron chi connectivity index (χ2n) is 5.21. The number of benzene rings is 1. The Hall–Kier alpha value is -1.16. The third-order valence-electron chi connectivity index (χ3n) is 3.44. The fourth-order valence-electron chi connectivity index (χ4n) is 2.16. The molecule has 0 amide bonds. The van der Waals surface area contributed by atoms with Gasteiger partial charge in [-0.15, -0.1) is 0 Å². The van der Waals surface area contributed by atoms with Crippen molar-refractivity contribution in [3.8, 4) is 0 Å². The van der Waals surface area contributed by atoms with Crippen molar-refractivity contribution in [3.63, 3.8) is 0 Å². The van der Waals surface area contributed by atoms with Crippen LogP contribution in [0.2, 0.25) is 0 Å². The predicted octanol–water partition coefficient (Wildman–Crippen LogP) is 3.05. The molecule has 3 rings (SSSR count). The first-order valence-corrected chi connectivity index (χ1v) is 7.36. The maximum absolute atomic E-state index is 4.60. The van der Waals surface area contributed by atoms with Crippen LogP contribution < -0.4 is 10.2 Å². The summed E-state index contributed by atoms with van der Waals surface area (Å²) in [6.07, 6.45) is 2.80. The summed E-state index contributed by atoms with van der Waals surface area (Å²) < 4.78 is 0. The van der Waals surface area contributed by atoms with Crippen LogP contribution in [-0.2, 0) is 0 Å². The number of rotatable bonds is 3. The largest absolute Gasteiger partial charge is 0.378 e. The van der Waals surface area contributed by atoms with E-state index in [1.807, 2.05) is 11.8 Å². The monoisotopic (exact) mass is 261 g/mol. The average Bonchev–Trinajstić information content (AvgIpc) is 3.11. The van der Waals surface area contributed by atoms with Crippen molar-refractivity contribution < 1.29 is 0 Å². The highest BCUT2D eigenvalue weighted by molar-refractivity contribution is 8.15. The average molecular weight is 261 g/mol. The first kappa shape index (κ1) is 11.9. The van der Waals surface area contributed by atoms with Gasteiger partial charge in [-0.25, -0.2) is 0 Å². The molecule has 3 nitrogen and oxygen atoms in total. The quantitative estimate of drug-likeness (QED) is 0.906. The molecule has 0 bridgehead atoms. The Morgan fingerprint density at radius 1 is 1.33 bits per heavy atom. The van der Waals surface area contributed by atoms with Gasteiger partial charge in [0.15, 0.2) is 5.17 Å². The zero-order valence-corrected chi connectivity index (χ0v) is 11.7. The van der Waals surface area contributed by atoms with Crippen molar-refractivity contribution in [2.24, 2.45) is 10.9 Å². The van der Waals surface area contributed by atoms with Gasteiger partial charge >= 0.3 is 0 Å². The molecule has 96 valence electrons. The van der Waals surface area contributed by atoms with E-state index >= 15 is 0 Å². The van der Waals surface area contributed by atoms with Gasteiger partial charge in [0.2, 0.25) is 0 Å². The number of aliphatic imine (C=N–C) groups is 1. The molecule has 1 fully saturated rings. The van der Waals surface area contributed by atoms with Crippen LogP contribution in [-0.4, -0.2) is 31.1 Å². The zero-order chi connectivity index (χ0) is 12.5. The summed E-state index contributed by atoms with van der Waals surface area (Å²) in [5.41, 5.74) is 2.34. The van der Waals surface area contributed by atoms with Crippen LogP contribution in [0, 0.1) is 5.92 Å². The number of amidine groups is 1. The van der Waals surface area contributed by atoms with E-state index in [1.165, 1.54) is 18.5 Å². The number of nitrogens with one attached hydrogen (secondary N) is 1. The second kappa shape index (κ2) is 4.84. The standard InChI is InChI=1S/C14H19N3S/c1-17(2)12-5-3-4-11(8-12)16-14-15-9-13(18-14)10-6-7-10/h3-5,8,10,13H,6-7,9H2,1-2H3,(H,15,16). The fourth-order valence-corrected chi connectivity index (χ4v) is 3.38. The van der Waals surface area contributed by atoms with E-state index < -0.39 is 0 Å². The molecular formula is C14H19N3S. The van der Waals surface area contributed by atoms with Gasteiger partial charge < -0.3 is 10.2 Å². The van der Waals surface area contributed by atoms with Crippen LogP contribution in [0.25, 0.3) is 0 Å². The SMILES string of the molecule is CN(C)c1cccc(NC2=NCC(C3CC3)S2)c1. The normalized spacial score (nSPS) is 22.8. The molecule has 0 aromatic heterocycles. The van der Waals surface area contributed by atoms with E-state index in [0.29, 0.717) is 0 Å². The van der Waals surface area contributed by atoms with Gasteiger partial charge in [0, 0.05) is 30.7 Å². The van der Waals surface area contributed by atoms with Crippen LogP contribution in [0.3, 0.4) is 0 Å². The van der Waals surface area contributed by atoms with Crippen molar-refractivity contribution in [1.29, 1.82) is 0 Å². The summed E-state index contributed by atoms with van der Waals surface area (Å²) >= 11 is 1.92. The molecule has 4 heteroatoms. The molecule has 1 aromatic carbocycles. The van der Waals surface area contributed by atoms with Crippen molar-refractivity contribution in [2.45, 2.75) is 18.1 Å². The van der Waals surface area contributed by atoms with E-state index in [9.17, 15) is 0 Å². The molecule has 1 aliphatic carbocycles. The first-order valence-electron chi connectivity index (χ1n) is 6.48. The molecule has 1 aromatic rings. The summed E-state index contributed by atoms with van der Waals surface area (Å²) in [6.45, 7) is 0.991. The second-order valence-corrected chi connectivity index (χ2v) is 6.44. The number of thioether (sulfide) groups is 1. The van der Waals surface area contributed by atoms with Crippen molar-refractivity contribution >= 4 is 28.3 Å². The van der Waals surface area contributed by atoms with Gasteiger partial charge in [-0.3, -0.25) is 4.99 Å². The summed E-state index contributed by atoms with van der Waals surface area (Å²) in [7, 11) is 4.12. The third kappa shape index (κ3) is 2.64. The third-order valence-corrected chi connectivity index (χ3v) is 4.73. The molecule has 18 heavy (non-hydrogen) atoms. The molecule has 2 aliphatic rings. The van der Waals surface area contributed by atoms with Crippen LogP contribution in [0.15, 0.2) is 29.3 Å². The molecule has 1 heterocycles. The topological polar surface area (TPSA) is 27.6 Å². The van der Waals surface area contributed by atoms with Crippen LogP contribution in [0.1, 0.15) is 12.8 Å². The van der Waals surface area contributed by atoms with Gasteiger partial charge in [0.05, 0.1) is 6.54 Å².